The maximum absolute atomic E-state index is 12.8. The van der Waals surface area contributed by atoms with E-state index in [1.807, 2.05) is 44.2 Å². The molecule has 2 aliphatic rings. The number of rotatable bonds is 7. The first kappa shape index (κ1) is 29.5. The molecule has 2 fully saturated rings. The lowest BCUT2D eigenvalue weighted by Crippen LogP contribution is -2.44. The first-order valence-electron chi connectivity index (χ1n) is 13.0. The van der Waals surface area contributed by atoms with Crippen LogP contribution in [0.15, 0.2) is 42.6 Å². The predicted octanol–water partition coefficient (Wildman–Crippen LogP) is 7.05. The monoisotopic (exact) mass is 507 g/mol. The topological polar surface area (TPSA) is 107 Å². The van der Waals surface area contributed by atoms with Gasteiger partial charge >= 0.3 is 6.03 Å². The molecule has 1 aromatic carbocycles. The highest BCUT2D eigenvalue weighted by Gasteiger charge is 2.32. The van der Waals surface area contributed by atoms with Gasteiger partial charge in [-0.15, -0.1) is 0 Å². The number of anilines is 3. The fraction of sp³-hybridized carbons (Fsp3) is 0.448. The van der Waals surface area contributed by atoms with E-state index < -0.39 is 0 Å². The van der Waals surface area contributed by atoms with Gasteiger partial charge in [0.25, 0.3) is 0 Å². The van der Waals surface area contributed by atoms with Crippen LogP contribution in [-0.2, 0) is 0 Å². The zero-order valence-electron chi connectivity index (χ0n) is 23.0. The van der Waals surface area contributed by atoms with Gasteiger partial charge in [0.1, 0.15) is 5.82 Å². The molecule has 8 heteroatoms. The average Bonchev–Trinajstić information content (AvgIpc) is 3.69. The van der Waals surface area contributed by atoms with Gasteiger partial charge in [-0.1, -0.05) is 38.5 Å². The molecule has 8 nitrogen and oxygen atoms in total. The third kappa shape index (κ3) is 8.44. The summed E-state index contributed by atoms with van der Waals surface area (Å²) in [5, 5.41) is 14.1. The number of nitrogens with one attached hydrogen (secondary N) is 3. The molecule has 200 valence electrons. The van der Waals surface area contributed by atoms with Crippen LogP contribution >= 0.6 is 0 Å². The molecule has 37 heavy (non-hydrogen) atoms. The zero-order chi connectivity index (χ0) is 27.4. The molecule has 4 rings (SSSR count). The van der Waals surface area contributed by atoms with Gasteiger partial charge in [-0.25, -0.2) is 9.78 Å². The number of hydrogen-bond acceptors (Lipinski definition) is 6. The van der Waals surface area contributed by atoms with Crippen molar-refractivity contribution in [2.45, 2.75) is 60.3 Å². The molecule has 1 aromatic heterocycles. The third-order valence-electron chi connectivity index (χ3n) is 5.72. The van der Waals surface area contributed by atoms with E-state index in [4.69, 9.17) is 10.1 Å². The second kappa shape index (κ2) is 14.8. The summed E-state index contributed by atoms with van der Waals surface area (Å²) < 4.78 is 5.54. The molecule has 0 bridgehead atoms. The van der Waals surface area contributed by atoms with Crippen molar-refractivity contribution in [1.82, 2.24) is 9.88 Å². The van der Waals surface area contributed by atoms with E-state index in [0.29, 0.717) is 39.8 Å². The van der Waals surface area contributed by atoms with Crippen molar-refractivity contribution in [1.29, 1.82) is 5.41 Å². The molecule has 1 aliphatic carbocycles. The lowest BCUT2D eigenvalue weighted by molar-refractivity contribution is 0.0968. The van der Waals surface area contributed by atoms with Crippen molar-refractivity contribution in [3.8, 4) is 5.75 Å². The molecule has 2 heterocycles. The van der Waals surface area contributed by atoms with Crippen LogP contribution in [0.2, 0.25) is 0 Å². The van der Waals surface area contributed by atoms with Gasteiger partial charge in [0, 0.05) is 42.5 Å². The largest absolute Gasteiger partial charge is 0.494 e. The van der Waals surface area contributed by atoms with Crippen molar-refractivity contribution in [2.24, 2.45) is 5.92 Å². The summed E-state index contributed by atoms with van der Waals surface area (Å²) in [6.45, 7) is 11.4. The Morgan fingerprint density at radius 3 is 2.27 bits per heavy atom. The molecule has 2 amide bonds. The zero-order valence-corrected chi connectivity index (χ0v) is 23.0. The third-order valence-corrected chi connectivity index (χ3v) is 5.72. The molecule has 0 radical (unpaired) electrons. The Morgan fingerprint density at radius 1 is 1.14 bits per heavy atom. The number of ether oxygens (including phenoxy) is 1. The summed E-state index contributed by atoms with van der Waals surface area (Å²) in [5.74, 6) is 0.979. The molecule has 1 saturated carbocycles. The minimum absolute atomic E-state index is 0.0333. The van der Waals surface area contributed by atoms with Crippen LogP contribution < -0.4 is 15.4 Å². The van der Waals surface area contributed by atoms with Crippen molar-refractivity contribution in [3.05, 3.63) is 53.7 Å². The number of hydrogen-bond donors (Lipinski definition) is 3. The number of methoxy groups -OCH3 is 1. The number of amides is 2. The van der Waals surface area contributed by atoms with Crippen LogP contribution in [0.25, 0.3) is 0 Å². The van der Waals surface area contributed by atoms with Gasteiger partial charge in [-0.3, -0.25) is 10.1 Å². The molecule has 0 atom stereocenters. The highest BCUT2D eigenvalue weighted by atomic mass is 16.5. The highest BCUT2D eigenvalue weighted by Crippen LogP contribution is 2.37. The number of para-hydroxylation sites is 1. The van der Waals surface area contributed by atoms with Crippen LogP contribution in [-0.4, -0.2) is 47.6 Å². The first-order valence-corrected chi connectivity index (χ1v) is 13.0. The molecule has 0 unspecified atom stereocenters. The number of nitrogens with zero attached hydrogens (tertiary/aromatic N) is 2. The van der Waals surface area contributed by atoms with Crippen molar-refractivity contribution in [3.63, 3.8) is 0 Å². The Kier molecular flexibility index (Phi) is 11.8. The Labute approximate surface area is 221 Å². The maximum atomic E-state index is 12.8. The second-order valence-corrected chi connectivity index (χ2v) is 9.03. The predicted molar refractivity (Wildman–Crippen MR) is 152 cm³/mol. The number of urea groups is 1. The Bertz CT molecular complexity index is 1100. The summed E-state index contributed by atoms with van der Waals surface area (Å²) in [6, 6.07) is 6.95. The van der Waals surface area contributed by atoms with Crippen molar-refractivity contribution >= 4 is 34.7 Å². The minimum atomic E-state index is -0.194. The van der Waals surface area contributed by atoms with Crippen LogP contribution in [0.1, 0.15) is 76.2 Å². The van der Waals surface area contributed by atoms with Crippen LogP contribution in [0.5, 0.6) is 5.75 Å². The number of benzene rings is 1. The molecule has 1 saturated heterocycles. The fourth-order valence-corrected chi connectivity index (χ4v) is 3.39. The summed E-state index contributed by atoms with van der Waals surface area (Å²) in [4.78, 5) is 31.1. The van der Waals surface area contributed by atoms with E-state index in [-0.39, 0.29) is 17.7 Å². The van der Waals surface area contributed by atoms with Gasteiger partial charge < -0.3 is 20.4 Å². The summed E-state index contributed by atoms with van der Waals surface area (Å²) in [5.41, 5.74) is 2.72. The van der Waals surface area contributed by atoms with E-state index in [0.717, 1.165) is 32.4 Å². The quantitative estimate of drug-likeness (QED) is 0.211. The van der Waals surface area contributed by atoms with Gasteiger partial charge in [0.2, 0.25) is 0 Å². The number of likely N-dealkylation sites (tertiary alicyclic amines) is 1. The van der Waals surface area contributed by atoms with E-state index >= 15 is 0 Å². The Balaban J connectivity index is 0.000000616. The SMILES string of the molecule is C/C=C/C.CCC.COc1c(Nc2cc(NC(=O)N3CCC3)ncc2C(=O)C2CC2)cccc1C(C)=N. The number of aromatic nitrogens is 1. The Morgan fingerprint density at radius 2 is 1.78 bits per heavy atom. The van der Waals surface area contributed by atoms with Gasteiger partial charge in [0.05, 0.1) is 24.0 Å². The van der Waals surface area contributed by atoms with Gasteiger partial charge in [-0.2, -0.15) is 0 Å². The van der Waals surface area contributed by atoms with Crippen LogP contribution in [0.4, 0.5) is 22.0 Å². The summed E-state index contributed by atoms with van der Waals surface area (Å²) >= 11 is 0. The first-order chi connectivity index (χ1) is 17.8. The molecular weight excluding hydrogens is 466 g/mol. The number of ketones is 1. The van der Waals surface area contributed by atoms with E-state index in [1.54, 1.807) is 25.0 Å². The van der Waals surface area contributed by atoms with Gasteiger partial charge in [-0.05, 0) is 52.2 Å². The number of Topliss-reactive ketones (excluding diaryl/α,β-unsaturated/α-hetero) is 1. The van der Waals surface area contributed by atoms with E-state index in [2.05, 4.69) is 29.5 Å². The number of pyridine rings is 1. The summed E-state index contributed by atoms with van der Waals surface area (Å²) in [7, 11) is 1.55. The van der Waals surface area contributed by atoms with Crippen molar-refractivity contribution < 1.29 is 14.3 Å². The Hall–Kier alpha value is -3.68. The average molecular weight is 508 g/mol. The van der Waals surface area contributed by atoms with Crippen LogP contribution in [0, 0.1) is 11.3 Å². The van der Waals surface area contributed by atoms with Crippen LogP contribution in [0.3, 0.4) is 0 Å². The smallest absolute Gasteiger partial charge is 0.323 e. The molecular formula is C29H41N5O3. The molecule has 3 N–H and O–H groups in total. The minimum Gasteiger partial charge on any atom is -0.494 e. The second-order valence-electron chi connectivity index (χ2n) is 9.03. The van der Waals surface area contributed by atoms with Gasteiger partial charge in [0.15, 0.2) is 11.5 Å². The molecule has 1 aliphatic heterocycles. The number of carbonyl (C=O) groups excluding carboxylic acids is 2. The van der Waals surface area contributed by atoms with E-state index in [9.17, 15) is 9.59 Å². The van der Waals surface area contributed by atoms with E-state index in [1.165, 1.54) is 12.6 Å². The summed E-state index contributed by atoms with van der Waals surface area (Å²) in [6.07, 6.45) is 9.55. The number of carbonyl (C=O) groups is 2. The molecule has 0 spiro atoms. The standard InChI is InChI=1S/C22H25N5O3.C4H8.C3H8/c1-13(23)15-5-3-6-17(21(15)30-2)25-18-11-19(26-22(29)27-9-4-10-27)24-12-16(18)20(28)14-7-8-14;1-3-4-2;1-3-2/h3,5-6,11-12,14,23H,4,7-10H2,1-2H3,(H2,24,25,26,29);3-4H,1-2H3;3H2,1-2H3/b;4-3+;. The van der Waals surface area contributed by atoms with Crippen molar-refractivity contribution in [2.75, 3.05) is 30.8 Å². The maximum Gasteiger partial charge on any atom is 0.323 e. The molecule has 2 aromatic rings. The number of allylic oxidation sites excluding steroid dienone is 2. The fourth-order valence-electron chi connectivity index (χ4n) is 3.39. The highest BCUT2D eigenvalue weighted by molar-refractivity contribution is 6.06. The normalized spacial score (nSPS) is 13.8. The lowest BCUT2D eigenvalue weighted by atomic mass is 10.1. The lowest BCUT2D eigenvalue weighted by Gasteiger charge is -2.30.